The van der Waals surface area contributed by atoms with Crippen molar-refractivity contribution in [1.82, 2.24) is 15.3 Å². The molecule has 1 aliphatic heterocycles. The fraction of sp³-hybridized carbons (Fsp3) is 0.450. The smallest absolute Gasteiger partial charge is 0.255 e. The monoisotopic (exact) mass is 418 g/mol. The van der Waals surface area contributed by atoms with Gasteiger partial charge < -0.3 is 15.0 Å². The molecular weight excluding hydrogens is 392 g/mol. The van der Waals surface area contributed by atoms with Crippen molar-refractivity contribution >= 4 is 21.7 Å². The minimum Gasteiger partial charge on any atom is -0.490 e. The SMILES string of the molecule is CC(C)Oc1ccc(S(C)(=O)=O)cc1C(=O)NC1CCN(c2ncccn2)CC1. The summed E-state index contributed by atoms with van der Waals surface area (Å²) in [5.41, 5.74) is 0.232. The number of carbonyl (C=O) groups excluding carboxylic acids is 1. The first-order chi connectivity index (χ1) is 13.7. The molecule has 1 saturated heterocycles. The molecule has 2 heterocycles. The van der Waals surface area contributed by atoms with Crippen LogP contribution in [0.4, 0.5) is 5.95 Å². The number of ether oxygens (including phenoxy) is 1. The van der Waals surface area contributed by atoms with Gasteiger partial charge in [0.15, 0.2) is 9.84 Å². The van der Waals surface area contributed by atoms with E-state index in [1.807, 2.05) is 13.8 Å². The van der Waals surface area contributed by atoms with E-state index in [0.29, 0.717) is 11.7 Å². The van der Waals surface area contributed by atoms with Crippen LogP contribution in [0.15, 0.2) is 41.6 Å². The summed E-state index contributed by atoms with van der Waals surface area (Å²) in [7, 11) is -3.43. The van der Waals surface area contributed by atoms with Crippen molar-refractivity contribution < 1.29 is 17.9 Å². The molecule has 1 aromatic heterocycles. The maximum Gasteiger partial charge on any atom is 0.255 e. The molecule has 1 aromatic carbocycles. The van der Waals surface area contributed by atoms with E-state index in [-0.39, 0.29) is 28.5 Å². The molecule has 0 spiro atoms. The lowest BCUT2D eigenvalue weighted by Crippen LogP contribution is -2.45. The van der Waals surface area contributed by atoms with Crippen LogP contribution in [0.2, 0.25) is 0 Å². The molecule has 3 rings (SSSR count). The first kappa shape index (κ1) is 21.0. The van der Waals surface area contributed by atoms with Gasteiger partial charge in [-0.25, -0.2) is 18.4 Å². The van der Waals surface area contributed by atoms with Crippen molar-refractivity contribution in [2.24, 2.45) is 0 Å². The Morgan fingerprint density at radius 3 is 2.45 bits per heavy atom. The molecule has 0 atom stereocenters. The van der Waals surface area contributed by atoms with Crippen molar-refractivity contribution in [2.45, 2.75) is 43.7 Å². The number of nitrogens with one attached hydrogen (secondary N) is 1. The van der Waals surface area contributed by atoms with Crippen LogP contribution in [0.25, 0.3) is 0 Å². The van der Waals surface area contributed by atoms with Gasteiger partial charge in [0.2, 0.25) is 5.95 Å². The molecule has 1 amide bonds. The lowest BCUT2D eigenvalue weighted by Gasteiger charge is -2.32. The Hall–Kier alpha value is -2.68. The standard InChI is InChI=1S/C20H26N4O4S/c1-14(2)28-18-6-5-16(29(3,26)27)13-17(18)19(25)23-15-7-11-24(12-8-15)20-21-9-4-10-22-20/h4-6,9-10,13-15H,7-8,11-12H2,1-3H3,(H,23,25). The highest BCUT2D eigenvalue weighted by molar-refractivity contribution is 7.90. The number of piperidine rings is 1. The molecule has 0 saturated carbocycles. The lowest BCUT2D eigenvalue weighted by molar-refractivity contribution is 0.0925. The number of aromatic nitrogens is 2. The van der Waals surface area contributed by atoms with E-state index in [1.54, 1.807) is 24.5 Å². The third-order valence-electron chi connectivity index (χ3n) is 4.65. The molecular formula is C20H26N4O4S. The molecule has 0 radical (unpaired) electrons. The molecule has 1 aliphatic rings. The summed E-state index contributed by atoms with van der Waals surface area (Å²) >= 11 is 0. The highest BCUT2D eigenvalue weighted by atomic mass is 32.2. The van der Waals surface area contributed by atoms with Crippen LogP contribution in [0.1, 0.15) is 37.0 Å². The third kappa shape index (κ3) is 5.44. The fourth-order valence-corrected chi connectivity index (χ4v) is 3.86. The van der Waals surface area contributed by atoms with E-state index < -0.39 is 9.84 Å². The Morgan fingerprint density at radius 1 is 1.21 bits per heavy atom. The molecule has 29 heavy (non-hydrogen) atoms. The second-order valence-electron chi connectivity index (χ2n) is 7.38. The van der Waals surface area contributed by atoms with Gasteiger partial charge in [-0.1, -0.05) is 0 Å². The van der Waals surface area contributed by atoms with Gasteiger partial charge in [-0.2, -0.15) is 0 Å². The number of anilines is 1. The lowest BCUT2D eigenvalue weighted by atomic mass is 10.0. The average Bonchev–Trinajstić information content (AvgIpc) is 2.68. The maximum absolute atomic E-state index is 12.9. The molecule has 156 valence electrons. The second kappa shape index (κ2) is 8.77. The van der Waals surface area contributed by atoms with E-state index >= 15 is 0 Å². The zero-order valence-corrected chi connectivity index (χ0v) is 17.6. The van der Waals surface area contributed by atoms with Crippen LogP contribution in [-0.4, -0.2) is 55.8 Å². The highest BCUT2D eigenvalue weighted by Crippen LogP contribution is 2.25. The molecule has 9 heteroatoms. The number of sulfone groups is 1. The van der Waals surface area contributed by atoms with Crippen LogP contribution in [-0.2, 0) is 9.84 Å². The van der Waals surface area contributed by atoms with Crippen LogP contribution in [0.5, 0.6) is 5.75 Å². The maximum atomic E-state index is 12.9. The minimum atomic E-state index is -3.43. The molecule has 2 aromatic rings. The number of rotatable bonds is 6. The van der Waals surface area contributed by atoms with Gasteiger partial charge in [-0.3, -0.25) is 4.79 Å². The second-order valence-corrected chi connectivity index (χ2v) is 9.40. The zero-order chi connectivity index (χ0) is 21.0. The molecule has 1 fully saturated rings. The molecule has 1 N–H and O–H groups in total. The Morgan fingerprint density at radius 2 is 1.86 bits per heavy atom. The van der Waals surface area contributed by atoms with Gasteiger partial charge in [0.25, 0.3) is 5.91 Å². The number of amides is 1. The first-order valence-corrected chi connectivity index (χ1v) is 11.5. The Balaban J connectivity index is 1.71. The molecule has 0 unspecified atom stereocenters. The van der Waals surface area contributed by atoms with Crippen LogP contribution < -0.4 is 15.0 Å². The average molecular weight is 419 g/mol. The number of hydrogen-bond acceptors (Lipinski definition) is 7. The summed E-state index contributed by atoms with van der Waals surface area (Å²) in [4.78, 5) is 23.6. The van der Waals surface area contributed by atoms with E-state index in [0.717, 1.165) is 32.2 Å². The van der Waals surface area contributed by atoms with Crippen LogP contribution in [0.3, 0.4) is 0 Å². The quantitative estimate of drug-likeness (QED) is 0.766. The van der Waals surface area contributed by atoms with E-state index in [9.17, 15) is 13.2 Å². The summed E-state index contributed by atoms with van der Waals surface area (Å²) in [6, 6.07) is 6.15. The molecule has 0 bridgehead atoms. The first-order valence-electron chi connectivity index (χ1n) is 9.57. The van der Waals surface area contributed by atoms with Crippen molar-refractivity contribution in [3.8, 4) is 5.75 Å². The zero-order valence-electron chi connectivity index (χ0n) is 16.8. The van der Waals surface area contributed by atoms with Gasteiger partial charge in [0, 0.05) is 37.8 Å². The van der Waals surface area contributed by atoms with Crippen molar-refractivity contribution in [1.29, 1.82) is 0 Å². The summed E-state index contributed by atoms with van der Waals surface area (Å²) < 4.78 is 29.5. The summed E-state index contributed by atoms with van der Waals surface area (Å²) in [5.74, 6) is 0.728. The Bertz CT molecular complexity index is 956. The summed E-state index contributed by atoms with van der Waals surface area (Å²) in [5, 5.41) is 3.02. The molecule has 8 nitrogen and oxygen atoms in total. The third-order valence-corrected chi connectivity index (χ3v) is 5.76. The van der Waals surface area contributed by atoms with E-state index in [4.69, 9.17) is 4.74 Å². The van der Waals surface area contributed by atoms with Gasteiger partial charge in [0.1, 0.15) is 5.75 Å². The predicted octanol–water partition coefficient (Wildman–Crippen LogP) is 2.07. The van der Waals surface area contributed by atoms with Crippen molar-refractivity contribution in [3.05, 3.63) is 42.2 Å². The number of nitrogens with zero attached hydrogens (tertiary/aromatic N) is 3. The van der Waals surface area contributed by atoms with Gasteiger partial charge in [-0.05, 0) is 51.0 Å². The summed E-state index contributed by atoms with van der Waals surface area (Å²) in [6.45, 7) is 5.17. The van der Waals surface area contributed by atoms with Gasteiger partial charge in [-0.15, -0.1) is 0 Å². The largest absolute Gasteiger partial charge is 0.490 e. The molecule has 0 aliphatic carbocycles. The Labute approximate surface area is 171 Å². The van der Waals surface area contributed by atoms with Gasteiger partial charge >= 0.3 is 0 Å². The van der Waals surface area contributed by atoms with Crippen LogP contribution >= 0.6 is 0 Å². The highest BCUT2D eigenvalue weighted by Gasteiger charge is 2.25. The number of benzene rings is 1. The predicted molar refractivity (Wildman–Crippen MR) is 110 cm³/mol. The van der Waals surface area contributed by atoms with E-state index in [2.05, 4.69) is 20.2 Å². The van der Waals surface area contributed by atoms with Crippen molar-refractivity contribution in [3.63, 3.8) is 0 Å². The summed E-state index contributed by atoms with van der Waals surface area (Å²) in [6.07, 6.45) is 5.89. The number of hydrogen-bond donors (Lipinski definition) is 1. The fourth-order valence-electron chi connectivity index (χ4n) is 3.22. The topological polar surface area (TPSA) is 101 Å². The number of carbonyl (C=O) groups is 1. The van der Waals surface area contributed by atoms with Gasteiger partial charge in [0.05, 0.1) is 16.6 Å². The van der Waals surface area contributed by atoms with Crippen LogP contribution in [0, 0.1) is 0 Å². The van der Waals surface area contributed by atoms with Crippen molar-refractivity contribution in [2.75, 3.05) is 24.2 Å². The normalized spacial score (nSPS) is 15.4. The van der Waals surface area contributed by atoms with E-state index in [1.165, 1.54) is 12.1 Å². The Kier molecular flexibility index (Phi) is 6.36. The minimum absolute atomic E-state index is 0.0174.